The van der Waals surface area contributed by atoms with Crippen LogP contribution in [0.4, 0.5) is 11.4 Å². The van der Waals surface area contributed by atoms with E-state index in [0.717, 1.165) is 6.07 Å². The van der Waals surface area contributed by atoms with Gasteiger partial charge in [-0.25, -0.2) is 8.42 Å². The Balaban J connectivity index is 2.38. The van der Waals surface area contributed by atoms with Crippen LogP contribution in [0.3, 0.4) is 0 Å². The molecule has 0 spiro atoms. The van der Waals surface area contributed by atoms with Gasteiger partial charge in [0.2, 0.25) is 0 Å². The minimum Gasteiger partial charge on any atom is -0.508 e. The van der Waals surface area contributed by atoms with Crippen LogP contribution in [0.1, 0.15) is 0 Å². The van der Waals surface area contributed by atoms with E-state index in [9.17, 15) is 18.5 Å². The van der Waals surface area contributed by atoms with Gasteiger partial charge in [-0.1, -0.05) is 0 Å². The average molecular weight is 373 g/mol. The van der Waals surface area contributed by atoms with Crippen molar-refractivity contribution in [3.63, 3.8) is 0 Å². The first kappa shape index (κ1) is 15.3. The summed E-state index contributed by atoms with van der Waals surface area (Å²) >= 11 is 3.13. The minimum absolute atomic E-state index is 0.0530. The maximum atomic E-state index is 12.2. The van der Waals surface area contributed by atoms with E-state index in [4.69, 9.17) is 5.11 Å². The minimum atomic E-state index is -3.91. The van der Waals surface area contributed by atoms with Crippen LogP contribution >= 0.6 is 15.9 Å². The van der Waals surface area contributed by atoms with Crippen molar-refractivity contribution in [1.29, 1.82) is 0 Å². The molecular weight excluding hydrogens is 364 g/mol. The molecule has 0 aliphatic rings. The fourth-order valence-electron chi connectivity index (χ4n) is 1.53. The standard InChI is InChI=1S/C12H9BrN2O5S/c13-11-6-1-8(15(17)18)7-12(11)14-21(19,20)10-4-2-9(16)3-5-10/h1-7,14,16H. The van der Waals surface area contributed by atoms with E-state index in [1.807, 2.05) is 0 Å². The number of aromatic hydroxyl groups is 1. The monoisotopic (exact) mass is 372 g/mol. The van der Waals surface area contributed by atoms with E-state index < -0.39 is 14.9 Å². The van der Waals surface area contributed by atoms with Gasteiger partial charge in [-0.15, -0.1) is 0 Å². The first-order valence-corrected chi connectivity index (χ1v) is 7.83. The molecule has 0 amide bonds. The average Bonchev–Trinajstić information content (AvgIpc) is 2.41. The number of rotatable bonds is 4. The van der Waals surface area contributed by atoms with E-state index in [1.54, 1.807) is 0 Å². The number of nitro benzene ring substituents is 1. The first-order chi connectivity index (χ1) is 9.79. The summed E-state index contributed by atoms with van der Waals surface area (Å²) in [4.78, 5) is 10.0. The fourth-order valence-corrected chi connectivity index (χ4v) is 3.08. The third-order valence-corrected chi connectivity index (χ3v) is 4.63. The van der Waals surface area contributed by atoms with Crippen molar-refractivity contribution >= 4 is 37.3 Å². The predicted molar refractivity (Wildman–Crippen MR) is 79.7 cm³/mol. The van der Waals surface area contributed by atoms with Crippen molar-refractivity contribution < 1.29 is 18.4 Å². The maximum absolute atomic E-state index is 12.2. The highest BCUT2D eigenvalue weighted by atomic mass is 79.9. The lowest BCUT2D eigenvalue weighted by atomic mass is 10.3. The summed E-state index contributed by atoms with van der Waals surface area (Å²) in [6.07, 6.45) is 0. The van der Waals surface area contributed by atoms with Gasteiger partial charge in [-0.05, 0) is 46.3 Å². The summed E-state index contributed by atoms with van der Waals surface area (Å²) in [7, 11) is -3.91. The number of nitrogens with one attached hydrogen (secondary N) is 1. The van der Waals surface area contributed by atoms with Crippen LogP contribution in [-0.4, -0.2) is 18.4 Å². The molecule has 7 nitrogen and oxygen atoms in total. The third kappa shape index (κ3) is 3.50. The molecule has 0 fully saturated rings. The Kier molecular flexibility index (Phi) is 4.14. The predicted octanol–water partition coefficient (Wildman–Crippen LogP) is 2.86. The van der Waals surface area contributed by atoms with E-state index >= 15 is 0 Å². The number of hydrogen-bond acceptors (Lipinski definition) is 5. The van der Waals surface area contributed by atoms with Crippen molar-refractivity contribution in [1.82, 2.24) is 0 Å². The normalized spacial score (nSPS) is 11.1. The molecule has 0 atom stereocenters. The van der Waals surface area contributed by atoms with Gasteiger partial charge in [-0.2, -0.15) is 0 Å². The molecule has 0 saturated heterocycles. The molecule has 0 bridgehead atoms. The van der Waals surface area contributed by atoms with E-state index in [-0.39, 0.29) is 22.0 Å². The topological polar surface area (TPSA) is 110 Å². The van der Waals surface area contributed by atoms with Gasteiger partial charge in [0.25, 0.3) is 15.7 Å². The summed E-state index contributed by atoms with van der Waals surface area (Å²) in [6.45, 7) is 0. The van der Waals surface area contributed by atoms with Gasteiger partial charge in [0.15, 0.2) is 0 Å². The van der Waals surface area contributed by atoms with Crippen LogP contribution in [0, 0.1) is 10.1 Å². The Hall–Kier alpha value is -2.13. The number of halogens is 1. The number of benzene rings is 2. The summed E-state index contributed by atoms with van der Waals surface area (Å²) in [5.41, 5.74) is -0.182. The quantitative estimate of drug-likeness (QED) is 0.633. The molecule has 2 N–H and O–H groups in total. The lowest BCUT2D eigenvalue weighted by Crippen LogP contribution is -2.13. The molecular formula is C12H9BrN2O5S. The number of sulfonamides is 1. The molecule has 2 aromatic rings. The molecule has 0 radical (unpaired) electrons. The number of nitrogens with zero attached hydrogens (tertiary/aromatic N) is 1. The number of phenols is 1. The highest BCUT2D eigenvalue weighted by Crippen LogP contribution is 2.29. The zero-order valence-corrected chi connectivity index (χ0v) is 12.8. The van der Waals surface area contributed by atoms with Crippen LogP contribution in [0.2, 0.25) is 0 Å². The van der Waals surface area contributed by atoms with Crippen molar-refractivity contribution in [2.45, 2.75) is 4.90 Å². The Labute approximate surface area is 128 Å². The van der Waals surface area contributed by atoms with Crippen molar-refractivity contribution in [2.75, 3.05) is 4.72 Å². The molecule has 0 aliphatic heterocycles. The molecule has 0 aliphatic carbocycles. The SMILES string of the molecule is O=[N+]([O-])c1ccc(Br)c(NS(=O)(=O)c2ccc(O)cc2)c1. The molecule has 0 heterocycles. The Morgan fingerprint density at radius 2 is 1.76 bits per heavy atom. The van der Waals surface area contributed by atoms with Crippen molar-refractivity contribution in [3.05, 3.63) is 57.1 Å². The summed E-state index contributed by atoms with van der Waals surface area (Å²) in [5.74, 6) is -0.0644. The molecule has 0 saturated carbocycles. The number of hydrogen-bond donors (Lipinski definition) is 2. The molecule has 0 aromatic heterocycles. The number of non-ortho nitro benzene ring substituents is 1. The zero-order valence-electron chi connectivity index (χ0n) is 10.4. The largest absolute Gasteiger partial charge is 0.508 e. The Morgan fingerprint density at radius 3 is 2.33 bits per heavy atom. The Bertz CT molecular complexity index is 790. The molecule has 110 valence electrons. The number of phenolic OH excluding ortho intramolecular Hbond substituents is 1. The van der Waals surface area contributed by atoms with E-state index in [1.165, 1.54) is 36.4 Å². The highest BCUT2D eigenvalue weighted by Gasteiger charge is 2.17. The van der Waals surface area contributed by atoms with Crippen LogP contribution in [0.15, 0.2) is 51.8 Å². The maximum Gasteiger partial charge on any atom is 0.271 e. The van der Waals surface area contributed by atoms with Crippen LogP contribution in [-0.2, 0) is 10.0 Å². The smallest absolute Gasteiger partial charge is 0.271 e. The number of anilines is 1. The molecule has 0 unspecified atom stereocenters. The number of nitro groups is 1. The van der Waals surface area contributed by atoms with E-state index in [0.29, 0.717) is 4.47 Å². The van der Waals surface area contributed by atoms with E-state index in [2.05, 4.69) is 20.7 Å². The summed E-state index contributed by atoms with van der Waals surface area (Å²) in [5, 5.41) is 19.9. The molecule has 2 rings (SSSR count). The summed E-state index contributed by atoms with van der Waals surface area (Å²) in [6, 6.07) is 8.66. The molecule has 9 heteroatoms. The third-order valence-electron chi connectivity index (χ3n) is 2.55. The Morgan fingerprint density at radius 1 is 1.14 bits per heavy atom. The van der Waals surface area contributed by atoms with Gasteiger partial charge in [0.05, 0.1) is 15.5 Å². The van der Waals surface area contributed by atoms with Crippen LogP contribution in [0.25, 0.3) is 0 Å². The van der Waals surface area contributed by atoms with Gasteiger partial charge >= 0.3 is 0 Å². The highest BCUT2D eigenvalue weighted by molar-refractivity contribution is 9.10. The van der Waals surface area contributed by atoms with Gasteiger partial charge < -0.3 is 5.11 Å². The van der Waals surface area contributed by atoms with Crippen LogP contribution < -0.4 is 4.72 Å². The van der Waals surface area contributed by atoms with Crippen LogP contribution in [0.5, 0.6) is 5.75 Å². The molecule has 21 heavy (non-hydrogen) atoms. The van der Waals surface area contributed by atoms with Gasteiger partial charge in [0.1, 0.15) is 5.75 Å². The fraction of sp³-hybridized carbons (Fsp3) is 0. The first-order valence-electron chi connectivity index (χ1n) is 5.55. The lowest BCUT2D eigenvalue weighted by Gasteiger charge is -2.09. The van der Waals surface area contributed by atoms with Crippen molar-refractivity contribution in [3.8, 4) is 5.75 Å². The second-order valence-electron chi connectivity index (χ2n) is 4.02. The second kappa shape index (κ2) is 5.70. The van der Waals surface area contributed by atoms with Crippen molar-refractivity contribution in [2.24, 2.45) is 0 Å². The summed E-state index contributed by atoms with van der Waals surface area (Å²) < 4.78 is 27.0. The second-order valence-corrected chi connectivity index (χ2v) is 6.56. The lowest BCUT2D eigenvalue weighted by molar-refractivity contribution is -0.384. The zero-order chi connectivity index (χ0) is 15.6. The molecule has 2 aromatic carbocycles. The van der Waals surface area contributed by atoms with Gasteiger partial charge in [0, 0.05) is 16.6 Å². The van der Waals surface area contributed by atoms with Gasteiger partial charge in [-0.3, -0.25) is 14.8 Å².